The van der Waals surface area contributed by atoms with Gasteiger partial charge in [-0.25, -0.2) is 0 Å². The minimum Gasteiger partial charge on any atom is -0.415 e. The molecule has 0 bridgehead atoms. The molecule has 0 amide bonds. The van der Waals surface area contributed by atoms with Crippen molar-refractivity contribution in [2.75, 3.05) is 0 Å². The maximum absolute atomic E-state index is 7.51. The lowest BCUT2D eigenvalue weighted by Gasteiger charge is -2.54. The number of hydrogen-bond donors (Lipinski definition) is 0. The Morgan fingerprint density at radius 1 is 0.429 bits per heavy atom. The molecule has 0 aromatic rings. The van der Waals surface area contributed by atoms with Crippen LogP contribution in [0.25, 0.3) is 0 Å². The van der Waals surface area contributed by atoms with Crippen LogP contribution < -0.4 is 0 Å². The zero-order chi connectivity index (χ0) is 19.6. The zero-order valence-corrected chi connectivity index (χ0v) is 22.4. The standard InChI is InChI=1S/C20H40O4Si4/c1-5-25(17-9-10-17)21-26(6-2,18-11-12-18)23-28(8-4,20-15-16-20)24-27(7-3,22-25)19-13-14-19/h17-20H,5-16H2,1-4H3. The van der Waals surface area contributed by atoms with E-state index in [1.165, 1.54) is 51.4 Å². The van der Waals surface area contributed by atoms with Gasteiger partial charge in [0, 0.05) is 22.2 Å². The summed E-state index contributed by atoms with van der Waals surface area (Å²) in [6.07, 6.45) is 10.5. The predicted octanol–water partition coefficient (Wildman–Crippen LogP) is 6.57. The molecule has 4 nitrogen and oxygen atoms in total. The van der Waals surface area contributed by atoms with Crippen LogP contribution in [0.2, 0.25) is 46.3 Å². The summed E-state index contributed by atoms with van der Waals surface area (Å²) in [4.78, 5) is 0. The number of rotatable bonds is 8. The molecule has 1 aliphatic heterocycles. The average Bonchev–Trinajstić information content (AvgIpc) is 3.52. The second kappa shape index (κ2) is 7.11. The van der Waals surface area contributed by atoms with Crippen molar-refractivity contribution in [2.45, 2.75) is 125 Å². The van der Waals surface area contributed by atoms with Crippen LogP contribution in [0.1, 0.15) is 79.1 Å². The van der Waals surface area contributed by atoms with E-state index in [1.54, 1.807) is 0 Å². The first-order valence-electron chi connectivity index (χ1n) is 12.3. The molecule has 4 aliphatic carbocycles. The first-order valence-corrected chi connectivity index (χ1v) is 20.7. The molecule has 0 N–H and O–H groups in total. The third-order valence-electron chi connectivity index (χ3n) is 8.15. The topological polar surface area (TPSA) is 36.9 Å². The lowest BCUT2D eigenvalue weighted by molar-refractivity contribution is 0.205. The van der Waals surface area contributed by atoms with Crippen molar-refractivity contribution < 1.29 is 16.5 Å². The highest BCUT2D eigenvalue weighted by Crippen LogP contribution is 2.62. The van der Waals surface area contributed by atoms with Gasteiger partial charge < -0.3 is 16.5 Å². The Balaban J connectivity index is 1.60. The molecule has 5 rings (SSSR count). The Morgan fingerprint density at radius 3 is 0.714 bits per heavy atom. The van der Waals surface area contributed by atoms with Crippen molar-refractivity contribution in [2.24, 2.45) is 0 Å². The van der Waals surface area contributed by atoms with Gasteiger partial charge in [0.1, 0.15) is 0 Å². The molecule has 4 saturated carbocycles. The second-order valence-corrected chi connectivity index (χ2v) is 26.0. The van der Waals surface area contributed by atoms with Crippen molar-refractivity contribution in [3.05, 3.63) is 0 Å². The molecule has 0 radical (unpaired) electrons. The van der Waals surface area contributed by atoms with Gasteiger partial charge in [0.2, 0.25) is 0 Å². The fourth-order valence-corrected chi connectivity index (χ4v) is 33.7. The summed E-state index contributed by atoms with van der Waals surface area (Å²) in [6.45, 7) is 9.39. The minimum atomic E-state index is -2.26. The van der Waals surface area contributed by atoms with Gasteiger partial charge in [-0.15, -0.1) is 0 Å². The number of hydrogen-bond acceptors (Lipinski definition) is 4. The van der Waals surface area contributed by atoms with Gasteiger partial charge in [-0.3, -0.25) is 0 Å². The fourth-order valence-electron chi connectivity index (χ4n) is 5.74. The van der Waals surface area contributed by atoms with Crippen LogP contribution in [0, 0.1) is 0 Å². The highest BCUT2D eigenvalue weighted by atomic mass is 28.5. The Morgan fingerprint density at radius 2 is 0.607 bits per heavy atom. The Labute approximate surface area is 176 Å². The summed E-state index contributed by atoms with van der Waals surface area (Å²) in [5, 5.41) is 0. The molecule has 0 spiro atoms. The van der Waals surface area contributed by atoms with Crippen molar-refractivity contribution >= 4 is 34.2 Å². The third kappa shape index (κ3) is 3.34. The Kier molecular flexibility index (Phi) is 5.23. The van der Waals surface area contributed by atoms with Gasteiger partial charge in [0.25, 0.3) is 0 Å². The zero-order valence-electron chi connectivity index (χ0n) is 18.4. The molecule has 28 heavy (non-hydrogen) atoms. The maximum atomic E-state index is 7.51. The largest absolute Gasteiger partial charge is 0.415 e. The van der Waals surface area contributed by atoms with Gasteiger partial charge >= 0.3 is 34.2 Å². The van der Waals surface area contributed by atoms with Gasteiger partial charge in [0.15, 0.2) is 0 Å². The van der Waals surface area contributed by atoms with E-state index in [0.717, 1.165) is 24.2 Å². The van der Waals surface area contributed by atoms with Crippen molar-refractivity contribution in [1.29, 1.82) is 0 Å². The molecule has 0 aromatic carbocycles. The van der Waals surface area contributed by atoms with Gasteiger partial charge in [0.05, 0.1) is 0 Å². The van der Waals surface area contributed by atoms with Crippen LogP contribution in [0.15, 0.2) is 0 Å². The van der Waals surface area contributed by atoms with Crippen LogP contribution in [-0.2, 0) is 16.5 Å². The SMILES string of the molecule is CC[Si]1(C2CC2)O[Si](CC)(C2CC2)O[Si](CC)(C2CC2)O[Si](CC)(C2CC2)O1. The van der Waals surface area contributed by atoms with Crippen LogP contribution >= 0.6 is 0 Å². The highest BCUT2D eigenvalue weighted by Gasteiger charge is 2.71. The molecule has 160 valence electrons. The maximum Gasteiger partial charge on any atom is 0.323 e. The molecule has 5 fully saturated rings. The monoisotopic (exact) mass is 456 g/mol. The Bertz CT molecular complexity index is 489. The molecule has 8 heteroatoms. The normalized spacial score (nSPS) is 47.6. The molecule has 0 aromatic heterocycles. The molecule has 0 unspecified atom stereocenters. The Hall–Kier alpha value is 0.708. The molecule has 1 heterocycles. The van der Waals surface area contributed by atoms with E-state index in [0.29, 0.717) is 22.2 Å². The quantitative estimate of drug-likeness (QED) is 0.387. The summed E-state index contributed by atoms with van der Waals surface area (Å²) < 4.78 is 30.0. The van der Waals surface area contributed by atoms with E-state index < -0.39 is 34.2 Å². The summed E-state index contributed by atoms with van der Waals surface area (Å²) >= 11 is 0. The first-order chi connectivity index (χ1) is 13.5. The van der Waals surface area contributed by atoms with E-state index in [-0.39, 0.29) is 0 Å². The summed E-state index contributed by atoms with van der Waals surface area (Å²) in [5.74, 6) is 0. The van der Waals surface area contributed by atoms with Crippen LogP contribution in [-0.4, -0.2) is 34.2 Å². The minimum absolute atomic E-state index is 0.704. The lowest BCUT2D eigenvalue weighted by Crippen LogP contribution is -2.70. The van der Waals surface area contributed by atoms with Gasteiger partial charge in [-0.2, -0.15) is 0 Å². The third-order valence-corrected chi connectivity index (χ3v) is 30.4. The highest BCUT2D eigenvalue weighted by molar-refractivity contribution is 6.97. The fraction of sp³-hybridized carbons (Fsp3) is 1.00. The summed E-state index contributed by atoms with van der Waals surface area (Å²) in [7, 11) is -9.03. The van der Waals surface area contributed by atoms with E-state index in [4.69, 9.17) is 16.5 Å². The van der Waals surface area contributed by atoms with Crippen molar-refractivity contribution in [1.82, 2.24) is 0 Å². The first kappa shape index (κ1) is 20.6. The van der Waals surface area contributed by atoms with Crippen LogP contribution in [0.3, 0.4) is 0 Å². The lowest BCUT2D eigenvalue weighted by atomic mass is 10.9. The van der Waals surface area contributed by atoms with Crippen LogP contribution in [0.5, 0.6) is 0 Å². The average molecular weight is 457 g/mol. The van der Waals surface area contributed by atoms with Gasteiger partial charge in [-0.1, -0.05) is 27.7 Å². The van der Waals surface area contributed by atoms with E-state index in [1.807, 2.05) is 0 Å². The molecule has 0 atom stereocenters. The van der Waals surface area contributed by atoms with Crippen molar-refractivity contribution in [3.8, 4) is 0 Å². The molecule has 1 saturated heterocycles. The second-order valence-electron chi connectivity index (χ2n) is 10.2. The molecular weight excluding hydrogens is 417 g/mol. The van der Waals surface area contributed by atoms with E-state index >= 15 is 0 Å². The van der Waals surface area contributed by atoms with Gasteiger partial charge in [-0.05, 0) is 75.5 Å². The van der Waals surface area contributed by atoms with E-state index in [2.05, 4.69) is 27.7 Å². The molecule has 5 aliphatic rings. The smallest absolute Gasteiger partial charge is 0.323 e. The van der Waals surface area contributed by atoms with Crippen molar-refractivity contribution in [3.63, 3.8) is 0 Å². The van der Waals surface area contributed by atoms with E-state index in [9.17, 15) is 0 Å². The molecular formula is C20H40O4Si4. The van der Waals surface area contributed by atoms with Crippen LogP contribution in [0.4, 0.5) is 0 Å². The summed E-state index contributed by atoms with van der Waals surface area (Å²) in [6, 6.07) is 4.38. The predicted molar refractivity (Wildman–Crippen MR) is 121 cm³/mol. The summed E-state index contributed by atoms with van der Waals surface area (Å²) in [5.41, 5.74) is 2.82.